The van der Waals surface area contributed by atoms with E-state index in [2.05, 4.69) is 5.32 Å². The minimum Gasteiger partial charge on any atom is -0.445 e. The van der Waals surface area contributed by atoms with Crippen LogP contribution in [-0.4, -0.2) is 17.7 Å². The molecule has 0 radical (unpaired) electrons. The van der Waals surface area contributed by atoms with E-state index in [-0.39, 0.29) is 17.9 Å². The highest BCUT2D eigenvalue weighted by molar-refractivity contribution is 5.97. The third-order valence-corrected chi connectivity index (χ3v) is 2.55. The highest BCUT2D eigenvalue weighted by Gasteiger charge is 2.37. The van der Waals surface area contributed by atoms with E-state index < -0.39 is 29.3 Å². The minimum atomic E-state index is -1.12. The van der Waals surface area contributed by atoms with Crippen LogP contribution in [0.25, 0.3) is 0 Å². The lowest BCUT2D eigenvalue weighted by atomic mass is 10.2. The van der Waals surface area contributed by atoms with Gasteiger partial charge in [-0.25, -0.2) is 13.6 Å². The number of halogens is 2. The Bertz CT molecular complexity index is 605. The molecule has 1 aromatic carbocycles. The van der Waals surface area contributed by atoms with Crippen LogP contribution in [0, 0.1) is 11.6 Å². The van der Waals surface area contributed by atoms with Gasteiger partial charge in [0.2, 0.25) is 17.5 Å². The fourth-order valence-corrected chi connectivity index (χ4v) is 1.76. The Morgan fingerprint density at radius 2 is 1.86 bits per heavy atom. The zero-order valence-corrected chi connectivity index (χ0v) is 11.4. The largest absolute Gasteiger partial charge is 0.445 e. The molecular weight excluding hydrogens is 284 g/mol. The average Bonchev–Trinajstić information content (AvgIpc) is 2.58. The van der Waals surface area contributed by atoms with Gasteiger partial charge in [0, 0.05) is 26.5 Å². The van der Waals surface area contributed by atoms with E-state index in [0.29, 0.717) is 0 Å². The quantitative estimate of drug-likeness (QED) is 0.682. The second kappa shape index (κ2) is 5.51. The number of hydrogen-bond acceptors (Lipinski definition) is 4. The van der Waals surface area contributed by atoms with Crippen molar-refractivity contribution in [2.45, 2.75) is 26.2 Å². The van der Waals surface area contributed by atoms with E-state index in [1.54, 1.807) is 0 Å². The smallest absolute Gasteiger partial charge is 0.377 e. The van der Waals surface area contributed by atoms with Gasteiger partial charge in [-0.2, -0.15) is 0 Å². The fraction of sp³-hybridized carbons (Fsp3) is 0.286. The molecule has 0 spiro atoms. The van der Waals surface area contributed by atoms with Gasteiger partial charge in [-0.1, -0.05) is 0 Å². The summed E-state index contributed by atoms with van der Waals surface area (Å²) in [5.41, 5.74) is 0.259. The van der Waals surface area contributed by atoms with Crippen LogP contribution in [-0.2, 0) is 25.6 Å². The van der Waals surface area contributed by atoms with Crippen molar-refractivity contribution >= 4 is 11.9 Å². The van der Waals surface area contributed by atoms with Gasteiger partial charge in [0.05, 0.1) is 6.08 Å². The molecule has 1 aromatic rings. The summed E-state index contributed by atoms with van der Waals surface area (Å²) in [4.78, 5) is 23.0. The monoisotopic (exact) mass is 297 g/mol. The SMILES string of the molecule is CC1(C)OC(=O)/C(=C\C(=O)NCc2cc(F)cc(F)c2)O1. The molecule has 0 atom stereocenters. The topological polar surface area (TPSA) is 64.6 Å². The van der Waals surface area contributed by atoms with E-state index in [4.69, 9.17) is 9.47 Å². The molecule has 0 aliphatic carbocycles. The number of benzene rings is 1. The first-order valence-corrected chi connectivity index (χ1v) is 6.12. The number of ether oxygens (including phenoxy) is 2. The van der Waals surface area contributed by atoms with Gasteiger partial charge in [-0.3, -0.25) is 4.79 Å². The molecule has 112 valence electrons. The lowest BCUT2D eigenvalue weighted by Gasteiger charge is -2.13. The Morgan fingerprint density at radius 3 is 2.38 bits per heavy atom. The summed E-state index contributed by atoms with van der Waals surface area (Å²) in [6.45, 7) is 2.97. The van der Waals surface area contributed by atoms with Crippen LogP contribution in [0.3, 0.4) is 0 Å². The highest BCUT2D eigenvalue weighted by atomic mass is 19.1. The van der Waals surface area contributed by atoms with Gasteiger partial charge in [0.1, 0.15) is 11.6 Å². The van der Waals surface area contributed by atoms with E-state index in [1.165, 1.54) is 13.8 Å². The molecular formula is C14H13F2NO4. The van der Waals surface area contributed by atoms with Crippen molar-refractivity contribution in [3.63, 3.8) is 0 Å². The molecule has 0 saturated carbocycles. The molecule has 1 amide bonds. The molecule has 5 nitrogen and oxygen atoms in total. The van der Waals surface area contributed by atoms with E-state index in [9.17, 15) is 18.4 Å². The Morgan fingerprint density at radius 1 is 1.24 bits per heavy atom. The highest BCUT2D eigenvalue weighted by Crippen LogP contribution is 2.25. The third kappa shape index (κ3) is 4.01. The van der Waals surface area contributed by atoms with Crippen LogP contribution in [0.4, 0.5) is 8.78 Å². The molecule has 1 heterocycles. The first kappa shape index (κ1) is 15.0. The molecule has 1 saturated heterocycles. The number of carbonyl (C=O) groups is 2. The zero-order valence-electron chi connectivity index (χ0n) is 11.4. The normalized spacial score (nSPS) is 18.3. The molecule has 21 heavy (non-hydrogen) atoms. The molecule has 1 aliphatic heterocycles. The van der Waals surface area contributed by atoms with E-state index in [1.807, 2.05) is 0 Å². The number of rotatable bonds is 3. The van der Waals surface area contributed by atoms with Crippen LogP contribution >= 0.6 is 0 Å². The molecule has 1 N–H and O–H groups in total. The third-order valence-electron chi connectivity index (χ3n) is 2.55. The lowest BCUT2D eigenvalue weighted by molar-refractivity contribution is -0.159. The maximum Gasteiger partial charge on any atom is 0.377 e. The molecule has 0 bridgehead atoms. The number of amides is 1. The Balaban J connectivity index is 1.98. The summed E-state index contributed by atoms with van der Waals surface area (Å²) in [6.07, 6.45) is 0.937. The van der Waals surface area contributed by atoms with E-state index in [0.717, 1.165) is 24.3 Å². The zero-order chi connectivity index (χ0) is 15.6. The molecule has 1 fully saturated rings. The maximum atomic E-state index is 13.0. The number of carbonyl (C=O) groups excluding carboxylic acids is 2. The fourth-order valence-electron chi connectivity index (χ4n) is 1.76. The molecule has 1 aliphatic rings. The van der Waals surface area contributed by atoms with Gasteiger partial charge >= 0.3 is 5.97 Å². The average molecular weight is 297 g/mol. The molecule has 0 aromatic heterocycles. The number of esters is 1. The maximum absolute atomic E-state index is 13.0. The van der Waals surface area contributed by atoms with Gasteiger partial charge in [-0.15, -0.1) is 0 Å². The van der Waals surface area contributed by atoms with Crippen LogP contribution in [0.2, 0.25) is 0 Å². The second-order valence-corrected chi connectivity index (χ2v) is 4.90. The van der Waals surface area contributed by atoms with Crippen LogP contribution in [0.1, 0.15) is 19.4 Å². The van der Waals surface area contributed by atoms with Gasteiger partial charge in [0.25, 0.3) is 0 Å². The first-order valence-electron chi connectivity index (χ1n) is 6.12. The van der Waals surface area contributed by atoms with Gasteiger partial charge < -0.3 is 14.8 Å². The van der Waals surface area contributed by atoms with Crippen LogP contribution in [0.5, 0.6) is 0 Å². The van der Waals surface area contributed by atoms with Crippen molar-refractivity contribution in [2.75, 3.05) is 0 Å². The standard InChI is InChI=1S/C14H13F2NO4/c1-14(2)20-11(13(19)21-14)6-12(18)17-7-8-3-9(15)5-10(16)4-8/h3-6H,7H2,1-2H3,(H,17,18)/b11-6+. The van der Waals surface area contributed by atoms with Crippen molar-refractivity contribution in [1.82, 2.24) is 5.32 Å². The summed E-state index contributed by atoms with van der Waals surface area (Å²) >= 11 is 0. The summed E-state index contributed by atoms with van der Waals surface area (Å²) < 4.78 is 35.9. The van der Waals surface area contributed by atoms with Gasteiger partial charge in [0.15, 0.2) is 0 Å². The number of cyclic esters (lactones) is 1. The summed E-state index contributed by atoms with van der Waals surface area (Å²) in [7, 11) is 0. The first-order chi connectivity index (χ1) is 9.75. The predicted octanol–water partition coefficient (Wildman–Crippen LogP) is 1.77. The van der Waals surface area contributed by atoms with Crippen molar-refractivity contribution in [1.29, 1.82) is 0 Å². The Kier molecular flexibility index (Phi) is 3.93. The van der Waals surface area contributed by atoms with Crippen molar-refractivity contribution < 1.29 is 27.8 Å². The molecule has 2 rings (SSSR count). The van der Waals surface area contributed by atoms with Crippen molar-refractivity contribution in [3.05, 3.63) is 47.2 Å². The van der Waals surface area contributed by atoms with Crippen molar-refractivity contribution in [3.8, 4) is 0 Å². The molecule has 7 heteroatoms. The Labute approximate surface area is 119 Å². The summed E-state index contributed by atoms with van der Waals surface area (Å²) in [6, 6.07) is 2.93. The van der Waals surface area contributed by atoms with Crippen LogP contribution < -0.4 is 5.32 Å². The second-order valence-electron chi connectivity index (χ2n) is 4.90. The van der Waals surface area contributed by atoms with Gasteiger partial charge in [-0.05, 0) is 17.7 Å². The van der Waals surface area contributed by atoms with E-state index >= 15 is 0 Å². The molecule has 0 unspecified atom stereocenters. The lowest BCUT2D eigenvalue weighted by Crippen LogP contribution is -2.22. The summed E-state index contributed by atoms with van der Waals surface area (Å²) in [5.74, 6) is -4.18. The Hall–Kier alpha value is -2.44. The van der Waals surface area contributed by atoms with Crippen molar-refractivity contribution in [2.24, 2.45) is 0 Å². The number of hydrogen-bond donors (Lipinski definition) is 1. The van der Waals surface area contributed by atoms with Crippen LogP contribution in [0.15, 0.2) is 30.0 Å². The minimum absolute atomic E-state index is 0.0876. The summed E-state index contributed by atoms with van der Waals surface area (Å²) in [5, 5.41) is 2.39. The predicted molar refractivity (Wildman–Crippen MR) is 67.5 cm³/mol. The number of nitrogens with one attached hydrogen (secondary N) is 1.